The van der Waals surface area contributed by atoms with Crippen LogP contribution in [0.15, 0.2) is 0 Å². The van der Waals surface area contributed by atoms with E-state index in [9.17, 15) is 0 Å². The molecule has 0 saturated heterocycles. The molecule has 1 unspecified atom stereocenters. The van der Waals surface area contributed by atoms with Crippen molar-refractivity contribution in [1.82, 2.24) is 14.8 Å². The Balaban J connectivity index is 2.30. The smallest absolute Gasteiger partial charge is 0.195 e. The molecule has 1 heterocycles. The summed E-state index contributed by atoms with van der Waals surface area (Å²) in [5.41, 5.74) is 0. The van der Waals surface area contributed by atoms with Gasteiger partial charge in [0.1, 0.15) is 5.82 Å². The van der Waals surface area contributed by atoms with E-state index in [1.54, 1.807) is 7.11 Å². The zero-order valence-corrected chi connectivity index (χ0v) is 10.0. The van der Waals surface area contributed by atoms with Gasteiger partial charge < -0.3 is 4.74 Å². The van der Waals surface area contributed by atoms with E-state index in [-0.39, 0.29) is 0 Å². The molecule has 0 aromatic carbocycles. The minimum Gasteiger partial charge on any atom is -0.383 e. The van der Waals surface area contributed by atoms with Gasteiger partial charge in [-0.05, 0) is 31.5 Å². The van der Waals surface area contributed by atoms with Gasteiger partial charge in [0.2, 0.25) is 0 Å². The summed E-state index contributed by atoms with van der Waals surface area (Å²) in [4.78, 5) is 0. The van der Waals surface area contributed by atoms with E-state index in [1.807, 2.05) is 0 Å². The molecule has 1 saturated carbocycles. The molecule has 84 valence electrons. The van der Waals surface area contributed by atoms with Gasteiger partial charge in [-0.15, -0.1) is 0 Å². The summed E-state index contributed by atoms with van der Waals surface area (Å²) in [5.74, 6) is 1.73. The monoisotopic (exact) mass is 227 g/mol. The summed E-state index contributed by atoms with van der Waals surface area (Å²) in [6.45, 7) is 2.85. The number of ether oxygens (including phenoxy) is 1. The largest absolute Gasteiger partial charge is 0.383 e. The molecule has 0 radical (unpaired) electrons. The third-order valence-corrected chi connectivity index (χ3v) is 3.16. The normalized spacial score (nSPS) is 18.0. The first-order valence-corrected chi connectivity index (χ1v) is 5.84. The average molecular weight is 227 g/mol. The fourth-order valence-electron chi connectivity index (χ4n) is 1.87. The Bertz CT molecular complexity index is 380. The lowest BCUT2D eigenvalue weighted by atomic mass is 10.2. The van der Waals surface area contributed by atoms with Crippen molar-refractivity contribution < 1.29 is 4.74 Å². The Morgan fingerprint density at radius 2 is 2.40 bits per heavy atom. The zero-order chi connectivity index (χ0) is 10.8. The molecule has 4 nitrogen and oxygen atoms in total. The molecule has 1 aromatic heterocycles. The van der Waals surface area contributed by atoms with Gasteiger partial charge in [0.05, 0.1) is 12.6 Å². The highest BCUT2D eigenvalue weighted by Crippen LogP contribution is 2.40. The Labute approximate surface area is 94.6 Å². The number of methoxy groups -OCH3 is 1. The van der Waals surface area contributed by atoms with Gasteiger partial charge in [-0.3, -0.25) is 9.67 Å². The van der Waals surface area contributed by atoms with Crippen LogP contribution in [-0.4, -0.2) is 28.5 Å². The van der Waals surface area contributed by atoms with Crippen molar-refractivity contribution in [2.75, 3.05) is 13.7 Å². The Morgan fingerprint density at radius 1 is 1.67 bits per heavy atom. The summed E-state index contributed by atoms with van der Waals surface area (Å²) < 4.78 is 8.08. The summed E-state index contributed by atoms with van der Waals surface area (Å²) in [7, 11) is 1.73. The number of nitrogens with one attached hydrogen (secondary N) is 1. The molecule has 1 aliphatic carbocycles. The molecule has 15 heavy (non-hydrogen) atoms. The summed E-state index contributed by atoms with van der Waals surface area (Å²) >= 11 is 5.27. The summed E-state index contributed by atoms with van der Waals surface area (Å²) in [6, 6.07) is 0.317. The van der Waals surface area contributed by atoms with Crippen molar-refractivity contribution in [3.8, 4) is 0 Å². The number of aromatic nitrogens is 3. The lowest BCUT2D eigenvalue weighted by Gasteiger charge is -2.17. The quantitative estimate of drug-likeness (QED) is 0.786. The molecule has 2 rings (SSSR count). The third kappa shape index (κ3) is 2.13. The Kier molecular flexibility index (Phi) is 3.21. The van der Waals surface area contributed by atoms with Crippen molar-refractivity contribution in [3.63, 3.8) is 0 Å². The molecule has 0 spiro atoms. The topological polar surface area (TPSA) is 42.8 Å². The number of nitrogens with zero attached hydrogens (tertiary/aromatic N) is 2. The average Bonchev–Trinajstić information content (AvgIpc) is 3.00. The molecule has 1 fully saturated rings. The van der Waals surface area contributed by atoms with Crippen molar-refractivity contribution in [1.29, 1.82) is 0 Å². The van der Waals surface area contributed by atoms with E-state index < -0.39 is 0 Å². The highest BCUT2D eigenvalue weighted by molar-refractivity contribution is 7.71. The number of H-pyrrole nitrogens is 1. The molecule has 0 bridgehead atoms. The van der Waals surface area contributed by atoms with Crippen LogP contribution < -0.4 is 0 Å². The minimum atomic E-state index is 0.317. The maximum atomic E-state index is 5.27. The molecule has 0 aliphatic heterocycles. The molecule has 1 aromatic rings. The van der Waals surface area contributed by atoms with Crippen molar-refractivity contribution in [2.24, 2.45) is 0 Å². The van der Waals surface area contributed by atoms with Gasteiger partial charge in [0.25, 0.3) is 0 Å². The van der Waals surface area contributed by atoms with Gasteiger partial charge in [0, 0.05) is 13.0 Å². The van der Waals surface area contributed by atoms with E-state index in [0.717, 1.165) is 17.0 Å². The fraction of sp³-hybridized carbons (Fsp3) is 0.800. The van der Waals surface area contributed by atoms with Crippen LogP contribution in [0, 0.1) is 4.77 Å². The number of hydrogen-bond donors (Lipinski definition) is 1. The first-order valence-electron chi connectivity index (χ1n) is 5.43. The van der Waals surface area contributed by atoms with Gasteiger partial charge in [-0.25, -0.2) is 0 Å². The first-order chi connectivity index (χ1) is 7.27. The van der Waals surface area contributed by atoms with E-state index in [0.29, 0.717) is 18.6 Å². The summed E-state index contributed by atoms with van der Waals surface area (Å²) in [6.07, 6.45) is 3.49. The third-order valence-electron chi connectivity index (χ3n) is 2.87. The molecule has 0 amide bonds. The van der Waals surface area contributed by atoms with Gasteiger partial charge >= 0.3 is 0 Å². The second-order valence-electron chi connectivity index (χ2n) is 4.05. The van der Waals surface area contributed by atoms with Crippen LogP contribution in [0.4, 0.5) is 0 Å². The Hall–Kier alpha value is -0.680. The predicted octanol–water partition coefficient (Wildman–Crippen LogP) is 2.42. The fourth-order valence-corrected chi connectivity index (χ4v) is 2.15. The van der Waals surface area contributed by atoms with Crippen molar-refractivity contribution in [3.05, 3.63) is 10.6 Å². The molecular weight excluding hydrogens is 210 g/mol. The summed E-state index contributed by atoms with van der Waals surface area (Å²) in [5, 5.41) is 7.21. The maximum Gasteiger partial charge on any atom is 0.195 e. The first kappa shape index (κ1) is 10.8. The second-order valence-corrected chi connectivity index (χ2v) is 4.44. The number of aromatic amines is 1. The van der Waals surface area contributed by atoms with Crippen LogP contribution in [0.3, 0.4) is 0 Å². The predicted molar refractivity (Wildman–Crippen MR) is 60.6 cm³/mol. The molecule has 1 N–H and O–H groups in total. The molecule has 5 heteroatoms. The van der Waals surface area contributed by atoms with Crippen LogP contribution >= 0.6 is 12.2 Å². The zero-order valence-electron chi connectivity index (χ0n) is 9.19. The highest BCUT2D eigenvalue weighted by atomic mass is 32.1. The molecular formula is C10H17N3OS. The van der Waals surface area contributed by atoms with Gasteiger partial charge in [-0.1, -0.05) is 6.92 Å². The lowest BCUT2D eigenvalue weighted by molar-refractivity contribution is 0.151. The SMILES string of the molecule is CCC(COC)n1c(C2CC2)n[nH]c1=S. The van der Waals surface area contributed by atoms with E-state index in [1.165, 1.54) is 12.8 Å². The maximum absolute atomic E-state index is 5.27. The van der Waals surface area contributed by atoms with E-state index >= 15 is 0 Å². The van der Waals surface area contributed by atoms with Crippen LogP contribution in [0.5, 0.6) is 0 Å². The van der Waals surface area contributed by atoms with Crippen LogP contribution in [0.2, 0.25) is 0 Å². The van der Waals surface area contributed by atoms with Crippen LogP contribution in [0.1, 0.15) is 44.0 Å². The molecule has 1 aliphatic rings. The number of hydrogen-bond acceptors (Lipinski definition) is 3. The van der Waals surface area contributed by atoms with Crippen molar-refractivity contribution in [2.45, 2.75) is 38.1 Å². The lowest BCUT2D eigenvalue weighted by Crippen LogP contribution is -2.16. The van der Waals surface area contributed by atoms with Gasteiger partial charge in [0.15, 0.2) is 4.77 Å². The number of rotatable bonds is 5. The van der Waals surface area contributed by atoms with Crippen LogP contribution in [-0.2, 0) is 4.74 Å². The van der Waals surface area contributed by atoms with E-state index in [2.05, 4.69) is 21.7 Å². The molecule has 1 atom stereocenters. The highest BCUT2D eigenvalue weighted by Gasteiger charge is 2.30. The van der Waals surface area contributed by atoms with E-state index in [4.69, 9.17) is 17.0 Å². The Morgan fingerprint density at radius 3 is 2.93 bits per heavy atom. The van der Waals surface area contributed by atoms with Gasteiger partial charge in [-0.2, -0.15) is 5.10 Å². The van der Waals surface area contributed by atoms with Crippen molar-refractivity contribution >= 4 is 12.2 Å². The minimum absolute atomic E-state index is 0.317. The van der Waals surface area contributed by atoms with Crippen LogP contribution in [0.25, 0.3) is 0 Å². The standard InChI is InChI=1S/C10H17N3OS/c1-3-8(6-14-2)13-9(7-4-5-7)11-12-10(13)15/h7-8H,3-6H2,1-2H3,(H,12,15). The second kappa shape index (κ2) is 4.45.